The molecule has 26 heavy (non-hydrogen) atoms. The Hall–Kier alpha value is -2.54. The van der Waals surface area contributed by atoms with E-state index in [-0.39, 0.29) is 0 Å². The molecule has 132 valence electrons. The second-order valence-electron chi connectivity index (χ2n) is 6.75. The van der Waals surface area contributed by atoms with Crippen LogP contribution in [0.3, 0.4) is 0 Å². The summed E-state index contributed by atoms with van der Waals surface area (Å²) in [5.41, 5.74) is 4.33. The van der Waals surface area contributed by atoms with Crippen molar-refractivity contribution in [3.8, 4) is 11.4 Å². The van der Waals surface area contributed by atoms with E-state index < -0.39 is 0 Å². The molecule has 0 atom stereocenters. The molecule has 0 aliphatic heterocycles. The third kappa shape index (κ3) is 2.54. The summed E-state index contributed by atoms with van der Waals surface area (Å²) in [4.78, 5) is 3.34. The SMILES string of the molecule is Cc1noc(C)c1CSc1nnc(-c2c[nH]c3ccccc23)n1C1CC1. The van der Waals surface area contributed by atoms with Gasteiger partial charge in [-0.1, -0.05) is 35.1 Å². The molecule has 1 saturated carbocycles. The first-order valence-corrected chi connectivity index (χ1v) is 9.77. The molecule has 1 aromatic carbocycles. The number of nitrogens with one attached hydrogen (secondary N) is 1. The van der Waals surface area contributed by atoms with Crippen LogP contribution in [-0.2, 0) is 5.75 Å². The predicted octanol–water partition coefficient (Wildman–Crippen LogP) is 4.66. The first kappa shape index (κ1) is 15.7. The lowest BCUT2D eigenvalue weighted by molar-refractivity contribution is 0.392. The van der Waals surface area contributed by atoms with Crippen molar-refractivity contribution in [3.05, 3.63) is 47.5 Å². The van der Waals surface area contributed by atoms with Gasteiger partial charge in [-0.15, -0.1) is 10.2 Å². The standard InChI is InChI=1S/C19H19N5OS/c1-11-16(12(2)25-23-11)10-26-19-22-21-18(24(19)13-7-8-13)15-9-20-17-6-4-3-5-14(15)17/h3-6,9,13,20H,7-8,10H2,1-2H3. The quantitative estimate of drug-likeness (QED) is 0.521. The highest BCUT2D eigenvalue weighted by molar-refractivity contribution is 7.98. The average Bonchev–Trinajstić information content (AvgIpc) is 3.13. The summed E-state index contributed by atoms with van der Waals surface area (Å²) in [5.74, 6) is 2.62. The molecule has 7 heteroatoms. The lowest BCUT2D eigenvalue weighted by atomic mass is 10.1. The van der Waals surface area contributed by atoms with Gasteiger partial charge in [0.25, 0.3) is 0 Å². The second kappa shape index (κ2) is 6.02. The van der Waals surface area contributed by atoms with Gasteiger partial charge in [-0.05, 0) is 32.8 Å². The topological polar surface area (TPSA) is 72.5 Å². The summed E-state index contributed by atoms with van der Waals surface area (Å²) < 4.78 is 7.58. The van der Waals surface area contributed by atoms with Gasteiger partial charge in [0.2, 0.25) is 0 Å². The van der Waals surface area contributed by atoms with Crippen LogP contribution >= 0.6 is 11.8 Å². The van der Waals surface area contributed by atoms with Crippen LogP contribution in [0, 0.1) is 13.8 Å². The van der Waals surface area contributed by atoms with Crippen LogP contribution in [0.1, 0.15) is 35.9 Å². The van der Waals surface area contributed by atoms with Crippen molar-refractivity contribution >= 4 is 22.7 Å². The number of aryl methyl sites for hydroxylation is 2. The number of nitrogens with zero attached hydrogens (tertiary/aromatic N) is 4. The van der Waals surface area contributed by atoms with Gasteiger partial charge in [-0.3, -0.25) is 4.57 Å². The number of aromatic nitrogens is 5. The van der Waals surface area contributed by atoms with Crippen molar-refractivity contribution < 1.29 is 4.52 Å². The van der Waals surface area contributed by atoms with Gasteiger partial charge < -0.3 is 9.51 Å². The first-order chi connectivity index (χ1) is 12.7. The Bertz CT molecular complexity index is 1070. The number of fused-ring (bicyclic) bond motifs is 1. The van der Waals surface area contributed by atoms with Crippen LogP contribution in [0.4, 0.5) is 0 Å². The lowest BCUT2D eigenvalue weighted by Gasteiger charge is -2.08. The van der Waals surface area contributed by atoms with Gasteiger partial charge in [-0.25, -0.2) is 0 Å². The van der Waals surface area contributed by atoms with Crippen LogP contribution in [-0.4, -0.2) is 24.9 Å². The van der Waals surface area contributed by atoms with Crippen molar-refractivity contribution in [1.82, 2.24) is 24.9 Å². The molecule has 0 unspecified atom stereocenters. The number of H-pyrrole nitrogens is 1. The number of hydrogen-bond donors (Lipinski definition) is 1. The molecule has 4 aromatic rings. The second-order valence-corrected chi connectivity index (χ2v) is 7.69. The van der Waals surface area contributed by atoms with Crippen molar-refractivity contribution in [2.45, 2.75) is 43.6 Å². The summed E-state index contributed by atoms with van der Waals surface area (Å²) >= 11 is 1.70. The number of aromatic amines is 1. The molecule has 0 saturated heterocycles. The van der Waals surface area contributed by atoms with E-state index >= 15 is 0 Å². The molecule has 0 amide bonds. The Kier molecular flexibility index (Phi) is 3.63. The van der Waals surface area contributed by atoms with Crippen LogP contribution < -0.4 is 0 Å². The minimum atomic E-state index is 0.501. The van der Waals surface area contributed by atoms with Gasteiger partial charge in [0.1, 0.15) is 5.76 Å². The van der Waals surface area contributed by atoms with Gasteiger partial charge in [0, 0.05) is 40.0 Å². The maximum absolute atomic E-state index is 5.28. The molecule has 1 N–H and O–H groups in total. The van der Waals surface area contributed by atoms with Crippen molar-refractivity contribution in [2.24, 2.45) is 0 Å². The van der Waals surface area contributed by atoms with Crippen LogP contribution in [0.25, 0.3) is 22.3 Å². The third-order valence-corrected chi connectivity index (χ3v) is 5.90. The largest absolute Gasteiger partial charge is 0.361 e. The molecule has 0 bridgehead atoms. The molecule has 5 rings (SSSR count). The normalized spacial score (nSPS) is 14.4. The summed E-state index contributed by atoms with van der Waals surface area (Å²) in [6.45, 7) is 3.94. The van der Waals surface area contributed by atoms with Gasteiger partial charge in [0.15, 0.2) is 11.0 Å². The summed E-state index contributed by atoms with van der Waals surface area (Å²) in [6, 6.07) is 8.82. The Morgan fingerprint density at radius 3 is 2.85 bits per heavy atom. The highest BCUT2D eigenvalue weighted by Gasteiger charge is 2.31. The molecule has 3 aromatic heterocycles. The highest BCUT2D eigenvalue weighted by Crippen LogP contribution is 2.42. The monoisotopic (exact) mass is 365 g/mol. The van der Waals surface area contributed by atoms with Crippen molar-refractivity contribution in [3.63, 3.8) is 0 Å². The van der Waals surface area contributed by atoms with Crippen LogP contribution in [0.5, 0.6) is 0 Å². The van der Waals surface area contributed by atoms with Gasteiger partial charge in [0.05, 0.1) is 5.69 Å². The zero-order valence-electron chi connectivity index (χ0n) is 14.7. The minimum Gasteiger partial charge on any atom is -0.361 e. The predicted molar refractivity (Wildman–Crippen MR) is 101 cm³/mol. The maximum atomic E-state index is 5.28. The number of hydrogen-bond acceptors (Lipinski definition) is 5. The van der Waals surface area contributed by atoms with E-state index in [1.165, 1.54) is 18.2 Å². The maximum Gasteiger partial charge on any atom is 0.192 e. The van der Waals surface area contributed by atoms with Crippen molar-refractivity contribution in [2.75, 3.05) is 0 Å². The third-order valence-electron chi connectivity index (χ3n) is 4.93. The van der Waals surface area contributed by atoms with E-state index in [4.69, 9.17) is 4.52 Å². The summed E-state index contributed by atoms with van der Waals surface area (Å²) in [5, 5.41) is 15.3. The molecule has 0 radical (unpaired) electrons. The van der Waals surface area contributed by atoms with E-state index in [2.05, 4.69) is 43.1 Å². The van der Waals surface area contributed by atoms with E-state index in [9.17, 15) is 0 Å². The molecular formula is C19H19N5OS. The number of benzene rings is 1. The Morgan fingerprint density at radius 1 is 1.23 bits per heavy atom. The molecule has 3 heterocycles. The Labute approximate surface area is 155 Å². The van der Waals surface area contributed by atoms with E-state index in [1.807, 2.05) is 26.1 Å². The zero-order chi connectivity index (χ0) is 17.7. The number of para-hydroxylation sites is 1. The Balaban J connectivity index is 1.52. The summed E-state index contributed by atoms with van der Waals surface area (Å²) in [6.07, 6.45) is 4.41. The van der Waals surface area contributed by atoms with Crippen LogP contribution in [0.15, 0.2) is 40.1 Å². The molecule has 0 spiro atoms. The molecular weight excluding hydrogens is 346 g/mol. The molecule has 1 aliphatic carbocycles. The van der Waals surface area contributed by atoms with E-state index in [0.717, 1.165) is 44.8 Å². The van der Waals surface area contributed by atoms with E-state index in [1.54, 1.807) is 11.8 Å². The van der Waals surface area contributed by atoms with Crippen LogP contribution in [0.2, 0.25) is 0 Å². The van der Waals surface area contributed by atoms with Gasteiger partial charge in [-0.2, -0.15) is 0 Å². The first-order valence-electron chi connectivity index (χ1n) is 8.78. The average molecular weight is 365 g/mol. The zero-order valence-corrected chi connectivity index (χ0v) is 15.5. The fourth-order valence-electron chi connectivity index (χ4n) is 3.32. The number of thioether (sulfide) groups is 1. The summed E-state index contributed by atoms with van der Waals surface area (Å²) in [7, 11) is 0. The highest BCUT2D eigenvalue weighted by atomic mass is 32.2. The fourth-order valence-corrected chi connectivity index (χ4v) is 4.48. The number of rotatable bonds is 5. The van der Waals surface area contributed by atoms with Gasteiger partial charge >= 0.3 is 0 Å². The Morgan fingerprint density at radius 2 is 2.08 bits per heavy atom. The molecule has 6 nitrogen and oxygen atoms in total. The van der Waals surface area contributed by atoms with E-state index in [0.29, 0.717) is 6.04 Å². The fraction of sp³-hybridized carbons (Fsp3) is 0.316. The van der Waals surface area contributed by atoms with Crippen molar-refractivity contribution in [1.29, 1.82) is 0 Å². The lowest BCUT2D eigenvalue weighted by Crippen LogP contribution is -1.99. The smallest absolute Gasteiger partial charge is 0.192 e. The minimum absolute atomic E-state index is 0.501. The molecule has 1 aliphatic rings. The molecule has 1 fully saturated rings.